The molecular formula is C23H21N3O2. The first kappa shape index (κ1) is 17.8. The number of para-hydroxylation sites is 1. The van der Waals surface area contributed by atoms with Gasteiger partial charge in [-0.25, -0.2) is 0 Å². The van der Waals surface area contributed by atoms with Gasteiger partial charge >= 0.3 is 0 Å². The summed E-state index contributed by atoms with van der Waals surface area (Å²) in [6, 6.07) is 17.6. The Bertz CT molecular complexity index is 1280. The second-order valence-electron chi connectivity index (χ2n) is 6.93. The van der Waals surface area contributed by atoms with Crippen molar-refractivity contribution in [2.75, 3.05) is 0 Å². The van der Waals surface area contributed by atoms with Gasteiger partial charge in [0, 0.05) is 47.3 Å². The Hall–Kier alpha value is -3.60. The number of nitrogens with one attached hydrogen (secondary N) is 2. The molecule has 0 aliphatic heterocycles. The third kappa shape index (κ3) is 3.47. The van der Waals surface area contributed by atoms with Crippen molar-refractivity contribution in [3.63, 3.8) is 0 Å². The van der Waals surface area contributed by atoms with E-state index in [1.807, 2.05) is 37.4 Å². The average Bonchev–Trinajstić information content (AvgIpc) is 2.98. The molecule has 2 aromatic carbocycles. The van der Waals surface area contributed by atoms with Crippen molar-refractivity contribution in [1.29, 1.82) is 0 Å². The van der Waals surface area contributed by atoms with Crippen LogP contribution in [-0.4, -0.2) is 15.5 Å². The van der Waals surface area contributed by atoms with Crippen molar-refractivity contribution < 1.29 is 4.79 Å². The molecule has 1 amide bonds. The van der Waals surface area contributed by atoms with Crippen LogP contribution in [0.25, 0.3) is 27.9 Å². The molecule has 28 heavy (non-hydrogen) atoms. The van der Waals surface area contributed by atoms with Gasteiger partial charge in [-0.05, 0) is 54.3 Å². The number of pyridine rings is 1. The number of aromatic nitrogens is 2. The second kappa shape index (κ2) is 7.19. The lowest BCUT2D eigenvalue weighted by atomic mass is 10.1. The van der Waals surface area contributed by atoms with Crippen molar-refractivity contribution in [3.05, 3.63) is 87.8 Å². The SMILES string of the molecule is Cc1cc2cc(CNC(=O)/C=C/c3cc4ccccc4[nH]c3=O)ccc2n1C. The maximum Gasteiger partial charge on any atom is 0.255 e. The van der Waals surface area contributed by atoms with Crippen LogP contribution in [0, 0.1) is 6.92 Å². The second-order valence-corrected chi connectivity index (χ2v) is 6.93. The largest absolute Gasteiger partial charge is 0.348 e. The molecule has 140 valence electrons. The van der Waals surface area contributed by atoms with Crippen LogP contribution in [0.4, 0.5) is 0 Å². The fourth-order valence-electron chi connectivity index (χ4n) is 3.35. The zero-order valence-electron chi connectivity index (χ0n) is 15.8. The smallest absolute Gasteiger partial charge is 0.255 e. The number of carbonyl (C=O) groups excluding carboxylic acids is 1. The quantitative estimate of drug-likeness (QED) is 0.538. The third-order valence-corrected chi connectivity index (χ3v) is 5.01. The summed E-state index contributed by atoms with van der Waals surface area (Å²) < 4.78 is 2.14. The fraction of sp³-hybridized carbons (Fsp3) is 0.130. The summed E-state index contributed by atoms with van der Waals surface area (Å²) in [5.41, 5.74) is 4.41. The minimum absolute atomic E-state index is 0.215. The maximum atomic E-state index is 12.2. The molecule has 4 rings (SSSR count). The normalized spacial score (nSPS) is 11.5. The lowest BCUT2D eigenvalue weighted by Crippen LogP contribution is -2.20. The van der Waals surface area contributed by atoms with E-state index < -0.39 is 0 Å². The minimum Gasteiger partial charge on any atom is -0.348 e. The van der Waals surface area contributed by atoms with Crippen molar-refractivity contribution in [2.24, 2.45) is 7.05 Å². The molecule has 0 radical (unpaired) electrons. The number of benzene rings is 2. The highest BCUT2D eigenvalue weighted by atomic mass is 16.1. The molecule has 0 spiro atoms. The molecule has 0 atom stereocenters. The van der Waals surface area contributed by atoms with Gasteiger partial charge < -0.3 is 14.9 Å². The summed E-state index contributed by atoms with van der Waals surface area (Å²) in [6.45, 7) is 2.50. The van der Waals surface area contributed by atoms with E-state index >= 15 is 0 Å². The molecule has 2 aromatic heterocycles. The van der Waals surface area contributed by atoms with Crippen LogP contribution in [-0.2, 0) is 18.4 Å². The zero-order valence-corrected chi connectivity index (χ0v) is 15.8. The number of H-pyrrole nitrogens is 1. The number of nitrogens with zero attached hydrogens (tertiary/aromatic N) is 1. The number of carbonyl (C=O) groups is 1. The first-order chi connectivity index (χ1) is 13.5. The molecule has 2 N–H and O–H groups in total. The topological polar surface area (TPSA) is 66.9 Å². The Labute approximate surface area is 162 Å². The van der Waals surface area contributed by atoms with Crippen LogP contribution in [0.1, 0.15) is 16.8 Å². The molecule has 0 aliphatic rings. The molecule has 0 aliphatic carbocycles. The minimum atomic E-state index is -0.239. The van der Waals surface area contributed by atoms with Gasteiger partial charge in [0.2, 0.25) is 5.91 Å². The monoisotopic (exact) mass is 371 g/mol. The van der Waals surface area contributed by atoms with Crippen LogP contribution >= 0.6 is 0 Å². The lowest BCUT2D eigenvalue weighted by Gasteiger charge is -2.04. The predicted octanol–water partition coefficient (Wildman–Crippen LogP) is 3.66. The molecule has 4 aromatic rings. The van der Waals surface area contributed by atoms with Crippen LogP contribution < -0.4 is 10.9 Å². The van der Waals surface area contributed by atoms with E-state index in [9.17, 15) is 9.59 Å². The van der Waals surface area contributed by atoms with Crippen LogP contribution in [0.2, 0.25) is 0 Å². The van der Waals surface area contributed by atoms with Crippen molar-refractivity contribution >= 4 is 33.8 Å². The Morgan fingerprint density at radius 2 is 1.93 bits per heavy atom. The number of hydrogen-bond acceptors (Lipinski definition) is 2. The fourth-order valence-corrected chi connectivity index (χ4v) is 3.35. The summed E-state index contributed by atoms with van der Waals surface area (Å²) in [5, 5.41) is 4.95. The highest BCUT2D eigenvalue weighted by Crippen LogP contribution is 2.19. The summed E-state index contributed by atoms with van der Waals surface area (Å²) in [4.78, 5) is 27.1. The standard InChI is InChI=1S/C23H21N3O2/c1-15-11-19-12-16(7-9-21(19)26(15)2)14-24-22(27)10-8-18-13-17-5-3-4-6-20(17)25-23(18)28/h3-13H,14H2,1-2H3,(H,24,27)(H,25,28)/b10-8+. The van der Waals surface area contributed by atoms with E-state index in [4.69, 9.17) is 0 Å². The average molecular weight is 371 g/mol. The first-order valence-corrected chi connectivity index (χ1v) is 9.14. The maximum absolute atomic E-state index is 12.2. The van der Waals surface area contributed by atoms with Gasteiger partial charge in [0.1, 0.15) is 0 Å². The molecule has 0 saturated carbocycles. The summed E-state index contributed by atoms with van der Waals surface area (Å²) in [6.07, 6.45) is 2.94. The number of hydrogen-bond donors (Lipinski definition) is 2. The molecule has 0 bridgehead atoms. The number of fused-ring (bicyclic) bond motifs is 2. The molecule has 0 fully saturated rings. The van der Waals surface area contributed by atoms with Crippen LogP contribution in [0.15, 0.2) is 65.5 Å². The van der Waals surface area contributed by atoms with Gasteiger partial charge in [-0.3, -0.25) is 9.59 Å². The van der Waals surface area contributed by atoms with Gasteiger partial charge in [0.05, 0.1) is 0 Å². The van der Waals surface area contributed by atoms with Gasteiger partial charge in [-0.15, -0.1) is 0 Å². The van der Waals surface area contributed by atoms with E-state index in [1.165, 1.54) is 17.3 Å². The van der Waals surface area contributed by atoms with Crippen molar-refractivity contribution in [2.45, 2.75) is 13.5 Å². The van der Waals surface area contributed by atoms with Crippen LogP contribution in [0.3, 0.4) is 0 Å². The summed E-state index contributed by atoms with van der Waals surface area (Å²) >= 11 is 0. The van der Waals surface area contributed by atoms with Crippen molar-refractivity contribution in [3.8, 4) is 0 Å². The highest BCUT2D eigenvalue weighted by molar-refractivity contribution is 5.92. The van der Waals surface area contributed by atoms with E-state index in [2.05, 4.69) is 40.0 Å². The van der Waals surface area contributed by atoms with E-state index in [0.717, 1.165) is 21.9 Å². The zero-order chi connectivity index (χ0) is 19.7. The molecule has 0 unspecified atom stereocenters. The number of rotatable bonds is 4. The Morgan fingerprint density at radius 1 is 1.11 bits per heavy atom. The Morgan fingerprint density at radius 3 is 2.79 bits per heavy atom. The van der Waals surface area contributed by atoms with Crippen molar-refractivity contribution in [1.82, 2.24) is 14.9 Å². The van der Waals surface area contributed by atoms with E-state index in [1.54, 1.807) is 12.1 Å². The van der Waals surface area contributed by atoms with Crippen LogP contribution in [0.5, 0.6) is 0 Å². The van der Waals surface area contributed by atoms with Gasteiger partial charge in [0.25, 0.3) is 5.56 Å². The molecule has 5 nitrogen and oxygen atoms in total. The highest BCUT2D eigenvalue weighted by Gasteiger charge is 2.05. The summed E-state index contributed by atoms with van der Waals surface area (Å²) in [7, 11) is 2.04. The molecule has 5 heteroatoms. The number of aromatic amines is 1. The Kier molecular flexibility index (Phi) is 4.57. The predicted molar refractivity (Wildman–Crippen MR) is 113 cm³/mol. The molecular weight excluding hydrogens is 350 g/mol. The van der Waals surface area contributed by atoms with E-state index in [0.29, 0.717) is 12.1 Å². The van der Waals surface area contributed by atoms with Gasteiger partial charge in [-0.1, -0.05) is 24.3 Å². The molecule has 0 saturated heterocycles. The molecule has 2 heterocycles. The number of aryl methyl sites for hydroxylation is 2. The van der Waals surface area contributed by atoms with E-state index in [-0.39, 0.29) is 11.5 Å². The number of amides is 1. The first-order valence-electron chi connectivity index (χ1n) is 9.14. The van der Waals surface area contributed by atoms with Gasteiger partial charge in [0.15, 0.2) is 0 Å². The lowest BCUT2D eigenvalue weighted by molar-refractivity contribution is -0.116. The summed E-state index contributed by atoms with van der Waals surface area (Å²) in [5.74, 6) is -0.239. The van der Waals surface area contributed by atoms with Gasteiger partial charge in [-0.2, -0.15) is 0 Å². The Balaban J connectivity index is 1.46. The third-order valence-electron chi connectivity index (χ3n) is 5.01.